The fourth-order valence-corrected chi connectivity index (χ4v) is 5.26. The van der Waals surface area contributed by atoms with E-state index < -0.39 is 10.0 Å². The molecule has 1 fully saturated rings. The highest BCUT2D eigenvalue weighted by Gasteiger charge is 2.27. The number of rotatable bonds is 6. The van der Waals surface area contributed by atoms with Gasteiger partial charge >= 0.3 is 0 Å². The number of sulfonamides is 1. The molecule has 1 aromatic carbocycles. The summed E-state index contributed by atoms with van der Waals surface area (Å²) in [6.07, 6.45) is 1.62. The molecule has 0 aliphatic carbocycles. The van der Waals surface area contributed by atoms with Crippen molar-refractivity contribution in [1.29, 1.82) is 0 Å². The van der Waals surface area contributed by atoms with Crippen molar-refractivity contribution in [1.82, 2.24) is 13.7 Å². The molecule has 0 radical (unpaired) electrons. The van der Waals surface area contributed by atoms with Crippen molar-refractivity contribution in [2.75, 3.05) is 38.2 Å². The van der Waals surface area contributed by atoms with E-state index >= 15 is 0 Å². The molecule has 1 aliphatic heterocycles. The van der Waals surface area contributed by atoms with Gasteiger partial charge in [0.15, 0.2) is 0 Å². The Morgan fingerprint density at radius 1 is 1.15 bits per heavy atom. The predicted molar refractivity (Wildman–Crippen MR) is 107 cm³/mol. The van der Waals surface area contributed by atoms with E-state index in [0.717, 1.165) is 30.3 Å². The molecule has 2 heterocycles. The Morgan fingerprint density at radius 3 is 2.56 bits per heavy atom. The number of benzene rings is 1. The Labute approximate surface area is 165 Å². The largest absolute Gasteiger partial charge is 0.497 e. The summed E-state index contributed by atoms with van der Waals surface area (Å²) in [5, 5.41) is 0.884. The van der Waals surface area contributed by atoms with Gasteiger partial charge in [0, 0.05) is 44.1 Å². The topological polar surface area (TPSA) is 75.6 Å². The highest BCUT2D eigenvalue weighted by atomic mass is 32.2. The molecule has 1 aliphatic rings. The Bertz CT molecular complexity index is 850. The molecule has 0 amide bonds. The quantitative estimate of drug-likeness (QED) is 0.729. The maximum absolute atomic E-state index is 12.9. The normalized spacial score (nSPS) is 16.5. The lowest BCUT2D eigenvalue weighted by Gasteiger charge is -2.21. The van der Waals surface area contributed by atoms with Gasteiger partial charge in [0.05, 0.1) is 12.0 Å². The van der Waals surface area contributed by atoms with Crippen LogP contribution in [0.1, 0.15) is 26.1 Å². The number of hydrogen-bond acceptors (Lipinski definition) is 7. The number of methoxy groups -OCH3 is 1. The first-order chi connectivity index (χ1) is 12.9. The summed E-state index contributed by atoms with van der Waals surface area (Å²) >= 11 is 1.40. The summed E-state index contributed by atoms with van der Waals surface area (Å²) in [5.41, 5.74) is 0. The van der Waals surface area contributed by atoms with Gasteiger partial charge < -0.3 is 9.64 Å². The molecule has 0 saturated carbocycles. The van der Waals surface area contributed by atoms with E-state index in [9.17, 15) is 8.42 Å². The summed E-state index contributed by atoms with van der Waals surface area (Å²) in [4.78, 5) is 7.07. The molecule has 0 bridgehead atoms. The van der Waals surface area contributed by atoms with E-state index in [0.29, 0.717) is 36.2 Å². The second-order valence-corrected chi connectivity index (χ2v) is 9.68. The lowest BCUT2D eigenvalue weighted by atomic mass is 10.1. The van der Waals surface area contributed by atoms with Crippen molar-refractivity contribution < 1.29 is 13.2 Å². The van der Waals surface area contributed by atoms with E-state index in [-0.39, 0.29) is 0 Å². The molecule has 0 atom stereocenters. The second-order valence-electron chi connectivity index (χ2n) is 7.01. The Kier molecular flexibility index (Phi) is 6.33. The molecule has 1 saturated heterocycles. The number of nitrogens with zero attached hydrogens (tertiary/aromatic N) is 4. The van der Waals surface area contributed by atoms with Gasteiger partial charge in [-0.25, -0.2) is 13.4 Å². The monoisotopic (exact) mass is 410 g/mol. The Hall–Kier alpha value is -1.71. The van der Waals surface area contributed by atoms with Gasteiger partial charge in [0.2, 0.25) is 15.2 Å². The first-order valence-electron chi connectivity index (χ1n) is 9.12. The molecule has 2 aromatic rings. The third-order valence-electron chi connectivity index (χ3n) is 4.47. The minimum absolute atomic E-state index is 0.298. The Balaban J connectivity index is 1.69. The summed E-state index contributed by atoms with van der Waals surface area (Å²) in [7, 11) is -1.95. The Morgan fingerprint density at radius 2 is 1.89 bits per heavy atom. The molecule has 7 nitrogen and oxygen atoms in total. The van der Waals surface area contributed by atoms with Gasteiger partial charge in [0.1, 0.15) is 11.6 Å². The van der Waals surface area contributed by atoms with Crippen molar-refractivity contribution in [2.45, 2.75) is 31.6 Å². The minimum atomic E-state index is -3.51. The van der Waals surface area contributed by atoms with E-state index in [1.54, 1.807) is 35.7 Å². The third kappa shape index (κ3) is 4.77. The molecule has 0 N–H and O–H groups in total. The van der Waals surface area contributed by atoms with Gasteiger partial charge in [-0.15, -0.1) is 0 Å². The number of aromatic nitrogens is 2. The van der Waals surface area contributed by atoms with Crippen LogP contribution in [0, 0.1) is 5.92 Å². The molecule has 1 aromatic heterocycles. The van der Waals surface area contributed by atoms with Crippen molar-refractivity contribution in [3.8, 4) is 5.75 Å². The SMILES string of the molecule is COc1ccc(S(=O)(=O)N2CCCN(c3nc(CC(C)C)ns3)CC2)cc1. The first kappa shape index (κ1) is 20.0. The van der Waals surface area contributed by atoms with Crippen LogP contribution in [0.15, 0.2) is 29.2 Å². The van der Waals surface area contributed by atoms with Crippen LogP contribution in [0.4, 0.5) is 5.13 Å². The lowest BCUT2D eigenvalue weighted by Crippen LogP contribution is -2.35. The third-order valence-corrected chi connectivity index (χ3v) is 7.20. The van der Waals surface area contributed by atoms with Gasteiger partial charge in [0.25, 0.3) is 0 Å². The van der Waals surface area contributed by atoms with Crippen LogP contribution in [0.25, 0.3) is 0 Å². The molecule has 3 rings (SSSR count). The maximum Gasteiger partial charge on any atom is 0.243 e. The number of ether oxygens (including phenoxy) is 1. The fourth-order valence-electron chi connectivity index (χ4n) is 3.04. The average Bonchev–Trinajstić information content (AvgIpc) is 2.95. The van der Waals surface area contributed by atoms with Crippen LogP contribution in [-0.4, -0.2) is 55.4 Å². The van der Waals surface area contributed by atoms with Crippen LogP contribution in [0.2, 0.25) is 0 Å². The van der Waals surface area contributed by atoms with Crippen LogP contribution in [0.5, 0.6) is 5.75 Å². The van der Waals surface area contributed by atoms with Gasteiger partial charge in [-0.3, -0.25) is 0 Å². The highest BCUT2D eigenvalue weighted by molar-refractivity contribution is 7.89. The van der Waals surface area contributed by atoms with E-state index in [1.807, 2.05) is 0 Å². The zero-order valence-electron chi connectivity index (χ0n) is 16.0. The smallest absolute Gasteiger partial charge is 0.243 e. The van der Waals surface area contributed by atoms with E-state index in [4.69, 9.17) is 4.74 Å². The zero-order chi connectivity index (χ0) is 19.4. The summed E-state index contributed by atoms with van der Waals surface area (Å²) in [6, 6.07) is 6.54. The summed E-state index contributed by atoms with van der Waals surface area (Å²) in [6.45, 7) is 6.63. The zero-order valence-corrected chi connectivity index (χ0v) is 17.6. The van der Waals surface area contributed by atoms with Crippen molar-refractivity contribution in [3.05, 3.63) is 30.1 Å². The van der Waals surface area contributed by atoms with Gasteiger partial charge in [-0.1, -0.05) is 13.8 Å². The molecule has 9 heteroatoms. The maximum atomic E-state index is 12.9. The minimum Gasteiger partial charge on any atom is -0.497 e. The average molecular weight is 411 g/mol. The van der Waals surface area contributed by atoms with E-state index in [2.05, 4.69) is 28.1 Å². The summed E-state index contributed by atoms with van der Waals surface area (Å²) in [5.74, 6) is 2.03. The standard InChI is InChI=1S/C18H26N4O3S2/c1-14(2)13-17-19-18(26-20-17)21-9-4-10-22(12-11-21)27(23,24)16-7-5-15(25-3)6-8-16/h5-8,14H,4,9-13H2,1-3H3. The van der Waals surface area contributed by atoms with Crippen molar-refractivity contribution in [2.24, 2.45) is 5.92 Å². The van der Waals surface area contributed by atoms with Crippen LogP contribution in [-0.2, 0) is 16.4 Å². The van der Waals surface area contributed by atoms with Gasteiger partial charge in [-0.2, -0.15) is 8.68 Å². The molecule has 0 unspecified atom stereocenters. The highest BCUT2D eigenvalue weighted by Crippen LogP contribution is 2.24. The number of hydrogen-bond donors (Lipinski definition) is 0. The molecule has 0 spiro atoms. The number of anilines is 1. The molecule has 27 heavy (non-hydrogen) atoms. The molecular formula is C18H26N4O3S2. The lowest BCUT2D eigenvalue weighted by molar-refractivity contribution is 0.413. The first-order valence-corrected chi connectivity index (χ1v) is 11.3. The summed E-state index contributed by atoms with van der Waals surface area (Å²) < 4.78 is 37.0. The predicted octanol–water partition coefficient (Wildman–Crippen LogP) is 2.65. The molecular weight excluding hydrogens is 384 g/mol. The van der Waals surface area contributed by atoms with Crippen molar-refractivity contribution in [3.63, 3.8) is 0 Å². The fraction of sp³-hybridized carbons (Fsp3) is 0.556. The van der Waals surface area contributed by atoms with E-state index in [1.165, 1.54) is 11.5 Å². The van der Waals surface area contributed by atoms with Crippen LogP contribution < -0.4 is 9.64 Å². The van der Waals surface area contributed by atoms with Crippen LogP contribution in [0.3, 0.4) is 0 Å². The van der Waals surface area contributed by atoms with Crippen molar-refractivity contribution >= 4 is 26.7 Å². The molecule has 148 valence electrons. The van der Waals surface area contributed by atoms with Gasteiger partial charge in [-0.05, 0) is 36.6 Å². The second kappa shape index (κ2) is 8.53. The van der Waals surface area contributed by atoms with Crippen LogP contribution >= 0.6 is 11.5 Å².